The number of terminal acetylenes is 2. The van der Waals surface area contributed by atoms with Gasteiger partial charge in [0.15, 0.2) is 0 Å². The van der Waals surface area contributed by atoms with Crippen LogP contribution in [0.2, 0.25) is 0 Å². The Morgan fingerprint density at radius 1 is 1.29 bits per heavy atom. The van der Waals surface area contributed by atoms with Crippen molar-refractivity contribution in [2.45, 2.75) is 0 Å². The predicted molar refractivity (Wildman–Crippen MR) is 66.6 cm³/mol. The van der Waals surface area contributed by atoms with E-state index in [9.17, 15) is 4.79 Å². The van der Waals surface area contributed by atoms with Gasteiger partial charge in [0.25, 0.3) is 5.91 Å². The molecule has 0 aliphatic heterocycles. The number of amides is 1. The molecule has 0 radical (unpaired) electrons. The second-order valence-electron chi connectivity index (χ2n) is 3.38. The number of carbonyl (C=O) groups excluding carboxylic acids is 1. The molecule has 0 heterocycles. The molecule has 0 unspecified atom stereocenters. The third kappa shape index (κ3) is 3.59. The quantitative estimate of drug-likeness (QED) is 0.728. The summed E-state index contributed by atoms with van der Waals surface area (Å²) in [6.45, 7) is 0.498. The molecule has 17 heavy (non-hydrogen) atoms. The number of rotatable bonds is 4. The highest BCUT2D eigenvalue weighted by Crippen LogP contribution is 2.13. The van der Waals surface area contributed by atoms with Crippen LogP contribution in [0.3, 0.4) is 0 Å². The summed E-state index contributed by atoms with van der Waals surface area (Å²) >= 11 is 0. The first kappa shape index (κ1) is 12.7. The number of nitrogens with zero attached hydrogens (tertiary/aromatic N) is 1. The van der Waals surface area contributed by atoms with Gasteiger partial charge >= 0.3 is 0 Å². The van der Waals surface area contributed by atoms with Gasteiger partial charge < -0.3 is 9.64 Å². The summed E-state index contributed by atoms with van der Waals surface area (Å²) in [6.07, 6.45) is 10.2. The summed E-state index contributed by atoms with van der Waals surface area (Å²) in [5.41, 5.74) is 0.566. The molecule has 1 aromatic rings. The van der Waals surface area contributed by atoms with Crippen LogP contribution < -0.4 is 4.74 Å². The van der Waals surface area contributed by atoms with E-state index in [4.69, 9.17) is 17.6 Å². The van der Waals surface area contributed by atoms with Crippen molar-refractivity contribution in [3.05, 3.63) is 29.8 Å². The van der Waals surface area contributed by atoms with Gasteiger partial charge in [0.05, 0.1) is 6.54 Å². The monoisotopic (exact) mass is 227 g/mol. The van der Waals surface area contributed by atoms with Gasteiger partial charge in [-0.25, -0.2) is 0 Å². The molecule has 1 rings (SSSR count). The van der Waals surface area contributed by atoms with E-state index in [1.807, 2.05) is 0 Å². The molecule has 0 N–H and O–H groups in total. The molecule has 0 bridgehead atoms. The lowest BCUT2D eigenvalue weighted by Crippen LogP contribution is -2.26. The summed E-state index contributed by atoms with van der Waals surface area (Å²) in [7, 11) is 1.66. The average Bonchev–Trinajstić information content (AvgIpc) is 2.36. The number of hydrogen-bond acceptors (Lipinski definition) is 2. The zero-order chi connectivity index (χ0) is 12.7. The Hall–Kier alpha value is -2.39. The van der Waals surface area contributed by atoms with E-state index < -0.39 is 0 Å². The lowest BCUT2D eigenvalue weighted by atomic mass is 10.2. The van der Waals surface area contributed by atoms with Gasteiger partial charge in [-0.3, -0.25) is 4.79 Å². The maximum Gasteiger partial charge on any atom is 0.254 e. The Morgan fingerprint density at radius 2 is 1.94 bits per heavy atom. The lowest BCUT2D eigenvalue weighted by Gasteiger charge is -2.13. The van der Waals surface area contributed by atoms with Crippen LogP contribution in [0.1, 0.15) is 10.4 Å². The Labute approximate surface area is 101 Å². The van der Waals surface area contributed by atoms with Gasteiger partial charge in [-0.05, 0) is 24.3 Å². The van der Waals surface area contributed by atoms with Crippen molar-refractivity contribution in [2.75, 3.05) is 20.2 Å². The second-order valence-corrected chi connectivity index (χ2v) is 3.38. The lowest BCUT2D eigenvalue weighted by molar-refractivity contribution is 0.0812. The molecule has 0 aliphatic carbocycles. The summed E-state index contributed by atoms with van der Waals surface area (Å²) in [5, 5.41) is 0. The van der Waals surface area contributed by atoms with Crippen molar-refractivity contribution < 1.29 is 9.53 Å². The normalized spacial score (nSPS) is 8.88. The number of benzene rings is 1. The number of ether oxygens (including phenoxy) is 1. The van der Waals surface area contributed by atoms with E-state index in [0.29, 0.717) is 11.3 Å². The van der Waals surface area contributed by atoms with Crippen LogP contribution in [0.25, 0.3) is 0 Å². The van der Waals surface area contributed by atoms with Gasteiger partial charge in [-0.1, -0.05) is 11.8 Å². The molecule has 1 amide bonds. The van der Waals surface area contributed by atoms with Crippen molar-refractivity contribution in [3.63, 3.8) is 0 Å². The fourth-order valence-corrected chi connectivity index (χ4v) is 1.25. The van der Waals surface area contributed by atoms with Crippen molar-refractivity contribution in [1.82, 2.24) is 4.90 Å². The minimum absolute atomic E-state index is 0.119. The van der Waals surface area contributed by atoms with Crippen LogP contribution in [-0.2, 0) is 0 Å². The standard InChI is InChI=1S/C14H13NO2/c1-4-10-15(3)14(16)12-6-8-13(9-7-12)17-11-5-2/h1-2,6-9H,10-11H2,3H3. The molecule has 0 atom stereocenters. The van der Waals surface area contributed by atoms with Crippen LogP contribution in [0, 0.1) is 24.7 Å². The molecule has 0 spiro atoms. The number of hydrogen-bond donors (Lipinski definition) is 0. The summed E-state index contributed by atoms with van der Waals surface area (Å²) in [5.74, 6) is 5.30. The van der Waals surface area contributed by atoms with Gasteiger partial charge in [0.1, 0.15) is 12.4 Å². The van der Waals surface area contributed by atoms with Crippen molar-refractivity contribution in [1.29, 1.82) is 0 Å². The van der Waals surface area contributed by atoms with Gasteiger partial charge in [-0.15, -0.1) is 12.8 Å². The van der Waals surface area contributed by atoms with Gasteiger partial charge in [0.2, 0.25) is 0 Å². The zero-order valence-corrected chi connectivity index (χ0v) is 9.64. The third-order valence-electron chi connectivity index (χ3n) is 2.10. The van der Waals surface area contributed by atoms with Crippen LogP contribution in [0.15, 0.2) is 24.3 Å². The second kappa shape index (κ2) is 6.25. The summed E-state index contributed by atoms with van der Waals surface area (Å²) in [4.78, 5) is 13.3. The molecule has 0 fully saturated rings. The Morgan fingerprint density at radius 3 is 2.47 bits per heavy atom. The highest BCUT2D eigenvalue weighted by molar-refractivity contribution is 5.94. The average molecular weight is 227 g/mol. The predicted octanol–water partition coefficient (Wildman–Crippen LogP) is 1.40. The maximum atomic E-state index is 11.8. The highest BCUT2D eigenvalue weighted by Gasteiger charge is 2.10. The van der Waals surface area contributed by atoms with E-state index in [2.05, 4.69) is 11.8 Å². The molecule has 0 saturated heterocycles. The fourth-order valence-electron chi connectivity index (χ4n) is 1.25. The smallest absolute Gasteiger partial charge is 0.254 e. The topological polar surface area (TPSA) is 29.5 Å². The molecule has 0 aromatic heterocycles. The minimum atomic E-state index is -0.119. The van der Waals surface area contributed by atoms with Gasteiger partial charge in [-0.2, -0.15) is 0 Å². The molecular weight excluding hydrogens is 214 g/mol. The molecule has 0 aliphatic rings. The Kier molecular flexibility index (Phi) is 4.66. The molecule has 3 heteroatoms. The van der Waals surface area contributed by atoms with Crippen LogP contribution >= 0.6 is 0 Å². The van der Waals surface area contributed by atoms with E-state index in [1.165, 1.54) is 4.90 Å². The SMILES string of the molecule is C#CCOc1ccc(C(=O)N(C)CC#C)cc1. The van der Waals surface area contributed by atoms with Crippen molar-refractivity contribution in [3.8, 4) is 30.4 Å². The van der Waals surface area contributed by atoms with Crippen LogP contribution in [0.5, 0.6) is 5.75 Å². The summed E-state index contributed by atoms with van der Waals surface area (Å²) < 4.78 is 5.20. The highest BCUT2D eigenvalue weighted by atomic mass is 16.5. The van der Waals surface area contributed by atoms with Crippen LogP contribution in [0.4, 0.5) is 0 Å². The minimum Gasteiger partial charge on any atom is -0.481 e. The first-order valence-electron chi connectivity index (χ1n) is 5.04. The first-order chi connectivity index (χ1) is 8.19. The van der Waals surface area contributed by atoms with Gasteiger partial charge in [0, 0.05) is 12.6 Å². The van der Waals surface area contributed by atoms with Crippen molar-refractivity contribution in [2.24, 2.45) is 0 Å². The van der Waals surface area contributed by atoms with E-state index >= 15 is 0 Å². The fraction of sp³-hybridized carbons (Fsp3) is 0.214. The Balaban J connectivity index is 2.71. The van der Waals surface area contributed by atoms with E-state index in [0.717, 1.165) is 0 Å². The van der Waals surface area contributed by atoms with Crippen LogP contribution in [-0.4, -0.2) is 31.0 Å². The first-order valence-corrected chi connectivity index (χ1v) is 5.04. The molecule has 3 nitrogen and oxygen atoms in total. The molecule has 86 valence electrons. The zero-order valence-electron chi connectivity index (χ0n) is 9.64. The van der Waals surface area contributed by atoms with E-state index in [-0.39, 0.29) is 19.1 Å². The maximum absolute atomic E-state index is 11.8. The molecular formula is C14H13NO2. The third-order valence-corrected chi connectivity index (χ3v) is 2.10. The summed E-state index contributed by atoms with van der Waals surface area (Å²) in [6, 6.07) is 6.77. The molecule has 0 saturated carbocycles. The Bertz CT molecular complexity index is 462. The largest absolute Gasteiger partial charge is 0.481 e. The molecule has 1 aromatic carbocycles. The van der Waals surface area contributed by atoms with E-state index in [1.54, 1.807) is 31.3 Å². The van der Waals surface area contributed by atoms with Crippen molar-refractivity contribution >= 4 is 5.91 Å². The number of carbonyl (C=O) groups is 1.